The third-order valence-corrected chi connectivity index (χ3v) is 5.81. The molecule has 1 aromatic heterocycles. The Labute approximate surface area is 159 Å². The van der Waals surface area contributed by atoms with E-state index in [1.807, 2.05) is 27.7 Å². The Morgan fingerprint density at radius 3 is 1.41 bits per heavy atom. The van der Waals surface area contributed by atoms with Crippen molar-refractivity contribution in [3.8, 4) is 0 Å². The first kappa shape index (κ1) is 19.6. The Morgan fingerprint density at radius 1 is 0.741 bits per heavy atom. The minimum atomic E-state index is -0.931. The van der Waals surface area contributed by atoms with E-state index in [0.29, 0.717) is 5.56 Å². The van der Waals surface area contributed by atoms with E-state index < -0.39 is 17.8 Å². The normalized spacial score (nSPS) is 23.9. The molecular weight excluding hydrogens is 342 g/mol. The number of ketones is 4. The summed E-state index contributed by atoms with van der Waals surface area (Å²) >= 11 is 0. The van der Waals surface area contributed by atoms with Crippen molar-refractivity contribution in [3.63, 3.8) is 0 Å². The van der Waals surface area contributed by atoms with E-state index in [4.69, 9.17) is 0 Å². The standard InChI is InChI=1S/C22H27NO4/c1-21(2)9-14(24)19(15(25)10-21)18(13-5-7-23-8-6-13)20-16(26)11-22(3,4)12-17(20)27/h5-8,18-20H,9-12H2,1-4H3. The molecule has 2 saturated carbocycles. The third kappa shape index (κ3) is 3.92. The number of aromatic nitrogens is 1. The van der Waals surface area contributed by atoms with Crippen LogP contribution in [0.3, 0.4) is 0 Å². The van der Waals surface area contributed by atoms with Crippen molar-refractivity contribution in [2.24, 2.45) is 22.7 Å². The Kier molecular flexibility index (Phi) is 4.91. The first-order valence-electron chi connectivity index (χ1n) is 9.52. The van der Waals surface area contributed by atoms with Crippen LogP contribution in [0.1, 0.15) is 64.9 Å². The molecule has 1 aromatic rings. The van der Waals surface area contributed by atoms with Gasteiger partial charge in [-0.1, -0.05) is 27.7 Å². The Balaban J connectivity index is 2.06. The summed E-state index contributed by atoms with van der Waals surface area (Å²) in [7, 11) is 0. The molecule has 144 valence electrons. The fourth-order valence-corrected chi connectivity index (χ4v) is 4.77. The van der Waals surface area contributed by atoms with Gasteiger partial charge in [0.2, 0.25) is 0 Å². The minimum absolute atomic E-state index is 0.163. The molecule has 0 aromatic carbocycles. The van der Waals surface area contributed by atoms with Gasteiger partial charge in [0.25, 0.3) is 0 Å². The molecule has 0 unspecified atom stereocenters. The molecular formula is C22H27NO4. The molecule has 2 aliphatic carbocycles. The van der Waals surface area contributed by atoms with Crippen LogP contribution in [0, 0.1) is 22.7 Å². The second-order valence-corrected chi connectivity index (χ2v) is 9.66. The lowest BCUT2D eigenvalue weighted by molar-refractivity contribution is -0.145. The summed E-state index contributed by atoms with van der Waals surface area (Å²) in [4.78, 5) is 55.8. The molecule has 0 amide bonds. The summed E-state index contributed by atoms with van der Waals surface area (Å²) in [6, 6.07) is 3.43. The van der Waals surface area contributed by atoms with Gasteiger partial charge in [-0.2, -0.15) is 0 Å². The van der Waals surface area contributed by atoms with Gasteiger partial charge in [0.15, 0.2) is 0 Å². The summed E-state index contributed by atoms with van der Waals surface area (Å²) < 4.78 is 0. The van der Waals surface area contributed by atoms with Gasteiger partial charge in [0, 0.05) is 44.0 Å². The largest absolute Gasteiger partial charge is 0.299 e. The molecule has 5 heteroatoms. The lowest BCUT2D eigenvalue weighted by atomic mass is 9.59. The van der Waals surface area contributed by atoms with E-state index in [1.54, 1.807) is 24.5 Å². The van der Waals surface area contributed by atoms with Gasteiger partial charge in [0.1, 0.15) is 23.1 Å². The average Bonchev–Trinajstić information content (AvgIpc) is 2.50. The van der Waals surface area contributed by atoms with Gasteiger partial charge in [0.05, 0.1) is 11.8 Å². The molecule has 2 aliphatic rings. The fraction of sp³-hybridized carbons (Fsp3) is 0.591. The lowest BCUT2D eigenvalue weighted by Crippen LogP contribution is -2.48. The highest BCUT2D eigenvalue weighted by atomic mass is 16.2. The van der Waals surface area contributed by atoms with Crippen LogP contribution < -0.4 is 0 Å². The summed E-state index contributed by atoms with van der Waals surface area (Å²) in [6.07, 6.45) is 4.28. The van der Waals surface area contributed by atoms with Crippen molar-refractivity contribution >= 4 is 23.1 Å². The predicted molar refractivity (Wildman–Crippen MR) is 100 cm³/mol. The molecule has 27 heavy (non-hydrogen) atoms. The highest BCUT2D eigenvalue weighted by molar-refractivity contribution is 6.11. The zero-order valence-electron chi connectivity index (χ0n) is 16.5. The minimum Gasteiger partial charge on any atom is -0.299 e. The molecule has 1 heterocycles. The van der Waals surface area contributed by atoms with Crippen LogP contribution in [-0.4, -0.2) is 28.1 Å². The molecule has 0 saturated heterocycles. The molecule has 0 atom stereocenters. The zero-order chi connectivity index (χ0) is 20.0. The van der Waals surface area contributed by atoms with Gasteiger partial charge >= 0.3 is 0 Å². The highest BCUT2D eigenvalue weighted by Gasteiger charge is 2.52. The lowest BCUT2D eigenvalue weighted by Gasteiger charge is -2.41. The SMILES string of the molecule is CC1(C)CC(=O)C(C(c2ccncc2)C2C(=O)CC(C)(C)CC2=O)C(=O)C1. The molecule has 0 N–H and O–H groups in total. The van der Waals surface area contributed by atoms with Crippen LogP contribution in [0.2, 0.25) is 0 Å². The number of Topliss-reactive ketones (excluding diaryl/α,β-unsaturated/α-hetero) is 4. The van der Waals surface area contributed by atoms with Crippen molar-refractivity contribution in [1.29, 1.82) is 0 Å². The van der Waals surface area contributed by atoms with Crippen molar-refractivity contribution in [1.82, 2.24) is 4.98 Å². The number of carbonyl (C=O) groups excluding carboxylic acids is 4. The van der Waals surface area contributed by atoms with Crippen LogP contribution in [-0.2, 0) is 19.2 Å². The van der Waals surface area contributed by atoms with Crippen LogP contribution in [0.25, 0.3) is 0 Å². The molecule has 0 aliphatic heterocycles. The summed E-state index contributed by atoms with van der Waals surface area (Å²) in [5.41, 5.74) is -0.0886. The molecule has 2 fully saturated rings. The first-order chi connectivity index (χ1) is 12.5. The quantitative estimate of drug-likeness (QED) is 0.764. The number of pyridine rings is 1. The molecule has 0 radical (unpaired) electrons. The number of carbonyl (C=O) groups is 4. The molecule has 0 bridgehead atoms. The van der Waals surface area contributed by atoms with Crippen molar-refractivity contribution in [2.75, 3.05) is 0 Å². The van der Waals surface area contributed by atoms with Crippen molar-refractivity contribution < 1.29 is 19.2 Å². The van der Waals surface area contributed by atoms with E-state index >= 15 is 0 Å². The molecule has 0 spiro atoms. The van der Waals surface area contributed by atoms with E-state index in [-0.39, 0.29) is 59.6 Å². The topological polar surface area (TPSA) is 81.2 Å². The smallest absolute Gasteiger partial charge is 0.144 e. The van der Waals surface area contributed by atoms with Crippen LogP contribution >= 0.6 is 0 Å². The van der Waals surface area contributed by atoms with Crippen LogP contribution in [0.4, 0.5) is 0 Å². The van der Waals surface area contributed by atoms with E-state index in [0.717, 1.165) is 0 Å². The van der Waals surface area contributed by atoms with Crippen LogP contribution in [0.15, 0.2) is 24.5 Å². The number of nitrogens with zero attached hydrogens (tertiary/aromatic N) is 1. The maximum Gasteiger partial charge on any atom is 0.144 e. The average molecular weight is 369 g/mol. The van der Waals surface area contributed by atoms with Crippen molar-refractivity contribution in [2.45, 2.75) is 59.3 Å². The van der Waals surface area contributed by atoms with Crippen molar-refractivity contribution in [3.05, 3.63) is 30.1 Å². The van der Waals surface area contributed by atoms with Gasteiger partial charge < -0.3 is 0 Å². The summed E-state index contributed by atoms with van der Waals surface area (Å²) in [6.45, 7) is 7.61. The number of hydrogen-bond acceptors (Lipinski definition) is 5. The van der Waals surface area contributed by atoms with Gasteiger partial charge in [-0.05, 0) is 28.5 Å². The van der Waals surface area contributed by atoms with Gasteiger partial charge in [-0.15, -0.1) is 0 Å². The van der Waals surface area contributed by atoms with Crippen LogP contribution in [0.5, 0.6) is 0 Å². The van der Waals surface area contributed by atoms with Gasteiger partial charge in [-0.3, -0.25) is 24.2 Å². The highest BCUT2D eigenvalue weighted by Crippen LogP contribution is 2.46. The first-order valence-corrected chi connectivity index (χ1v) is 9.52. The van der Waals surface area contributed by atoms with E-state index in [9.17, 15) is 19.2 Å². The zero-order valence-corrected chi connectivity index (χ0v) is 16.5. The Morgan fingerprint density at radius 2 is 1.07 bits per heavy atom. The Bertz CT molecular complexity index is 706. The maximum atomic E-state index is 13.0. The monoisotopic (exact) mass is 369 g/mol. The van der Waals surface area contributed by atoms with Gasteiger partial charge in [-0.25, -0.2) is 0 Å². The Hall–Kier alpha value is -2.17. The summed E-state index contributed by atoms with van der Waals surface area (Å²) in [5, 5.41) is 0. The number of rotatable bonds is 3. The predicted octanol–water partition coefficient (Wildman–Crippen LogP) is 3.31. The fourth-order valence-electron chi connectivity index (χ4n) is 4.77. The second-order valence-electron chi connectivity index (χ2n) is 9.66. The molecule has 5 nitrogen and oxygen atoms in total. The number of hydrogen-bond donors (Lipinski definition) is 0. The maximum absolute atomic E-state index is 13.0. The van der Waals surface area contributed by atoms with E-state index in [2.05, 4.69) is 4.98 Å². The molecule has 3 rings (SSSR count). The second kappa shape index (κ2) is 6.77. The third-order valence-electron chi connectivity index (χ3n) is 5.81. The summed E-state index contributed by atoms with van der Waals surface area (Å²) in [5.74, 6) is -3.24. The van der Waals surface area contributed by atoms with E-state index in [1.165, 1.54) is 0 Å².